The number of amides is 1. The van der Waals surface area contributed by atoms with Gasteiger partial charge in [-0.05, 0) is 31.0 Å². The Balaban J connectivity index is 1.41. The Kier molecular flexibility index (Phi) is 8.30. The van der Waals surface area contributed by atoms with Crippen LogP contribution in [0.4, 0.5) is 9.52 Å². The molecule has 5 rings (SSSR count). The number of benzene rings is 1. The van der Waals surface area contributed by atoms with Crippen LogP contribution in [0, 0.1) is 24.1 Å². The number of aromatic nitrogens is 3. The highest BCUT2D eigenvalue weighted by Gasteiger charge is 2.35. The second kappa shape index (κ2) is 12.1. The van der Waals surface area contributed by atoms with E-state index < -0.39 is 29.8 Å². The van der Waals surface area contributed by atoms with Crippen molar-refractivity contribution in [3.63, 3.8) is 0 Å². The predicted molar refractivity (Wildman–Crippen MR) is 151 cm³/mol. The molecule has 0 spiro atoms. The molecule has 1 amide bonds. The van der Waals surface area contributed by atoms with Crippen LogP contribution in [0.5, 0.6) is 0 Å². The fourth-order valence-corrected chi connectivity index (χ4v) is 5.75. The SMILES string of the molecule is Cc1[nH]c(C(=O)N[C@@H]2CCN(c3nc(-c4ncccc4F)c(C(=O)O)s3)C[C@@H]2OCc2ccccc2)c(C#N)c1Cl. The number of rotatable bonds is 8. The number of aromatic carboxylic acids is 1. The molecule has 1 aliphatic heterocycles. The molecule has 4 heterocycles. The molecule has 2 atom stereocenters. The normalized spacial score (nSPS) is 16.8. The van der Waals surface area contributed by atoms with Gasteiger partial charge < -0.3 is 25.0 Å². The topological polar surface area (TPSA) is 144 Å². The van der Waals surface area contributed by atoms with Gasteiger partial charge in [0.25, 0.3) is 5.91 Å². The summed E-state index contributed by atoms with van der Waals surface area (Å²) in [6.45, 7) is 2.62. The Morgan fingerprint density at radius 3 is 2.78 bits per heavy atom. The van der Waals surface area contributed by atoms with E-state index in [4.69, 9.17) is 16.3 Å². The molecule has 0 unspecified atom stereocenters. The Morgan fingerprint density at radius 1 is 1.29 bits per heavy atom. The Hall–Kier alpha value is -4.31. The predicted octanol–water partition coefficient (Wildman–Crippen LogP) is 4.80. The van der Waals surface area contributed by atoms with E-state index in [2.05, 4.69) is 20.3 Å². The van der Waals surface area contributed by atoms with Gasteiger partial charge in [0.15, 0.2) is 10.9 Å². The van der Waals surface area contributed by atoms with Crippen LogP contribution in [0.1, 0.15) is 43.4 Å². The first kappa shape index (κ1) is 28.2. The number of piperidine rings is 1. The molecular weight excluding hydrogens is 571 g/mol. The van der Waals surface area contributed by atoms with E-state index >= 15 is 0 Å². The van der Waals surface area contributed by atoms with E-state index in [-0.39, 0.29) is 45.7 Å². The standard InChI is InChI=1S/C28H24ClFN6O4S/c1-15-21(29)17(12-31)22(33-15)26(37)34-19-9-11-36(13-20(19)40-14-16-6-3-2-4-7-16)28-35-24(25(41-28)27(38)39)23-18(30)8-5-10-32-23/h2-8,10,19-20,33H,9,11,13-14H2,1H3,(H,34,37)(H,38,39)/t19-,20+/m1/s1. The number of ether oxygens (including phenoxy) is 1. The maximum Gasteiger partial charge on any atom is 0.348 e. The number of hydrogen-bond acceptors (Lipinski definition) is 8. The average Bonchev–Trinajstić information content (AvgIpc) is 3.54. The van der Waals surface area contributed by atoms with Gasteiger partial charge in [-0.15, -0.1) is 0 Å². The lowest BCUT2D eigenvalue weighted by atomic mass is 10.0. The monoisotopic (exact) mass is 594 g/mol. The zero-order chi connectivity index (χ0) is 29.1. The van der Waals surface area contributed by atoms with Crippen molar-refractivity contribution in [2.45, 2.75) is 32.1 Å². The first-order valence-corrected chi connectivity index (χ1v) is 13.8. The number of nitriles is 1. The third-order valence-corrected chi connectivity index (χ3v) is 8.27. The third-order valence-electron chi connectivity index (χ3n) is 6.70. The van der Waals surface area contributed by atoms with Gasteiger partial charge in [0, 0.05) is 25.0 Å². The van der Waals surface area contributed by atoms with Gasteiger partial charge in [-0.2, -0.15) is 5.26 Å². The zero-order valence-electron chi connectivity index (χ0n) is 21.7. The van der Waals surface area contributed by atoms with Gasteiger partial charge in [0.2, 0.25) is 0 Å². The van der Waals surface area contributed by atoms with Crippen LogP contribution < -0.4 is 10.2 Å². The summed E-state index contributed by atoms with van der Waals surface area (Å²) in [5.74, 6) is -2.39. The van der Waals surface area contributed by atoms with Gasteiger partial charge in [-0.3, -0.25) is 9.78 Å². The quantitative estimate of drug-likeness (QED) is 0.264. The molecule has 0 aliphatic carbocycles. The molecule has 1 fully saturated rings. The number of anilines is 1. The van der Waals surface area contributed by atoms with E-state index in [0.29, 0.717) is 23.8 Å². The number of carbonyl (C=O) groups is 2. The minimum atomic E-state index is -1.24. The molecule has 4 aromatic rings. The van der Waals surface area contributed by atoms with Crippen molar-refractivity contribution < 1.29 is 23.8 Å². The van der Waals surface area contributed by atoms with Crippen LogP contribution in [-0.2, 0) is 11.3 Å². The molecular formula is C28H24ClFN6O4S. The van der Waals surface area contributed by atoms with Gasteiger partial charge >= 0.3 is 5.97 Å². The number of pyridine rings is 1. The molecule has 0 saturated carbocycles. The molecule has 1 aliphatic rings. The second-order valence-electron chi connectivity index (χ2n) is 9.39. The van der Waals surface area contributed by atoms with E-state index in [1.165, 1.54) is 18.3 Å². The first-order chi connectivity index (χ1) is 19.8. The van der Waals surface area contributed by atoms with Crippen molar-refractivity contribution in [3.05, 3.63) is 86.9 Å². The minimum absolute atomic E-state index is 0.0455. The van der Waals surface area contributed by atoms with Crippen molar-refractivity contribution in [1.82, 2.24) is 20.3 Å². The number of carboxylic acid groups (broad SMARTS) is 1. The van der Waals surface area contributed by atoms with Gasteiger partial charge in [-0.25, -0.2) is 14.2 Å². The van der Waals surface area contributed by atoms with Crippen LogP contribution in [0.25, 0.3) is 11.4 Å². The second-order valence-corrected chi connectivity index (χ2v) is 10.7. The molecule has 13 heteroatoms. The molecule has 210 valence electrons. The van der Waals surface area contributed by atoms with Crippen molar-refractivity contribution in [3.8, 4) is 17.5 Å². The van der Waals surface area contributed by atoms with E-state index in [0.717, 1.165) is 16.9 Å². The van der Waals surface area contributed by atoms with Crippen molar-refractivity contribution in [1.29, 1.82) is 5.26 Å². The molecule has 10 nitrogen and oxygen atoms in total. The summed E-state index contributed by atoms with van der Waals surface area (Å²) in [6, 6.07) is 13.7. The highest BCUT2D eigenvalue weighted by molar-refractivity contribution is 7.17. The van der Waals surface area contributed by atoms with Gasteiger partial charge in [-0.1, -0.05) is 53.3 Å². The highest BCUT2D eigenvalue weighted by atomic mass is 35.5. The maximum absolute atomic E-state index is 14.5. The van der Waals surface area contributed by atoms with Crippen molar-refractivity contribution in [2.75, 3.05) is 18.0 Å². The van der Waals surface area contributed by atoms with Gasteiger partial charge in [0.1, 0.15) is 33.6 Å². The summed E-state index contributed by atoms with van der Waals surface area (Å²) >= 11 is 7.11. The van der Waals surface area contributed by atoms with E-state index in [1.807, 2.05) is 41.3 Å². The van der Waals surface area contributed by atoms with Crippen LogP contribution in [0.3, 0.4) is 0 Å². The lowest BCUT2D eigenvalue weighted by Gasteiger charge is -2.38. The Bertz CT molecular complexity index is 1640. The molecule has 3 N–H and O–H groups in total. The lowest BCUT2D eigenvalue weighted by molar-refractivity contribution is 0.00967. The number of carboxylic acids is 1. The van der Waals surface area contributed by atoms with E-state index in [9.17, 15) is 24.3 Å². The Labute approximate surface area is 243 Å². The molecule has 0 bridgehead atoms. The summed E-state index contributed by atoms with van der Waals surface area (Å²) in [6.07, 6.45) is 1.27. The number of nitrogens with one attached hydrogen (secondary N) is 2. The molecule has 41 heavy (non-hydrogen) atoms. The van der Waals surface area contributed by atoms with Crippen LogP contribution in [-0.4, -0.2) is 57.2 Å². The lowest BCUT2D eigenvalue weighted by Crippen LogP contribution is -2.55. The first-order valence-electron chi connectivity index (χ1n) is 12.6. The summed E-state index contributed by atoms with van der Waals surface area (Å²) in [4.78, 5) is 38.3. The number of aryl methyl sites for hydroxylation is 1. The van der Waals surface area contributed by atoms with Crippen LogP contribution in [0.15, 0.2) is 48.7 Å². The number of aromatic amines is 1. The average molecular weight is 595 g/mol. The number of halogens is 2. The van der Waals surface area contributed by atoms with E-state index in [1.54, 1.807) is 6.92 Å². The van der Waals surface area contributed by atoms with Gasteiger partial charge in [0.05, 0.1) is 23.8 Å². The fourth-order valence-electron chi connectivity index (χ4n) is 4.63. The summed E-state index contributed by atoms with van der Waals surface area (Å²) in [5, 5.41) is 22.9. The van der Waals surface area contributed by atoms with Crippen molar-refractivity contribution in [2.24, 2.45) is 0 Å². The molecule has 1 saturated heterocycles. The van der Waals surface area contributed by atoms with Crippen LogP contribution >= 0.6 is 22.9 Å². The Morgan fingerprint density at radius 2 is 2.07 bits per heavy atom. The number of thiazole rings is 1. The molecule has 1 aromatic carbocycles. The number of carbonyl (C=O) groups excluding carboxylic acids is 1. The zero-order valence-corrected chi connectivity index (χ0v) is 23.3. The highest BCUT2D eigenvalue weighted by Crippen LogP contribution is 2.35. The maximum atomic E-state index is 14.5. The number of hydrogen-bond donors (Lipinski definition) is 3. The largest absolute Gasteiger partial charge is 0.477 e. The fraction of sp³-hybridized carbons (Fsp3) is 0.250. The molecule has 0 radical (unpaired) electrons. The summed E-state index contributed by atoms with van der Waals surface area (Å²) < 4.78 is 20.8. The minimum Gasteiger partial charge on any atom is -0.477 e. The summed E-state index contributed by atoms with van der Waals surface area (Å²) in [5.41, 5.74) is 1.41. The van der Waals surface area contributed by atoms with Crippen LogP contribution in [0.2, 0.25) is 5.02 Å². The third kappa shape index (κ3) is 5.92. The number of H-pyrrole nitrogens is 1. The molecule has 3 aromatic heterocycles. The van der Waals surface area contributed by atoms with Crippen molar-refractivity contribution >= 4 is 39.9 Å². The summed E-state index contributed by atoms with van der Waals surface area (Å²) in [7, 11) is 0. The smallest absolute Gasteiger partial charge is 0.348 e. The number of nitrogens with zero attached hydrogens (tertiary/aromatic N) is 4.